The summed E-state index contributed by atoms with van der Waals surface area (Å²) >= 11 is 0. The lowest BCUT2D eigenvalue weighted by Crippen LogP contribution is -2.24. The van der Waals surface area contributed by atoms with Gasteiger partial charge in [-0.2, -0.15) is 0 Å². The number of ether oxygens (including phenoxy) is 3. The van der Waals surface area contributed by atoms with E-state index in [9.17, 15) is 18.0 Å². The summed E-state index contributed by atoms with van der Waals surface area (Å²) in [5.74, 6) is -1.30. The van der Waals surface area contributed by atoms with Crippen LogP contribution in [0.5, 0.6) is 5.75 Å². The average molecular weight is 357 g/mol. The largest absolute Gasteiger partial charge is 0.495 e. The second-order valence-corrected chi connectivity index (χ2v) is 7.65. The Morgan fingerprint density at radius 3 is 2.50 bits per heavy atom. The molecule has 1 aliphatic heterocycles. The molecule has 2 rings (SSSR count). The minimum absolute atomic E-state index is 0.00331. The predicted molar refractivity (Wildman–Crippen MR) is 83.2 cm³/mol. The van der Waals surface area contributed by atoms with Crippen molar-refractivity contribution in [2.24, 2.45) is 0 Å². The van der Waals surface area contributed by atoms with Gasteiger partial charge in [0.05, 0.1) is 12.7 Å². The van der Waals surface area contributed by atoms with Crippen LogP contribution in [0, 0.1) is 0 Å². The second-order valence-electron chi connectivity index (χ2n) is 5.53. The van der Waals surface area contributed by atoms with E-state index < -0.39 is 28.1 Å². The molecule has 1 aromatic carbocycles. The fourth-order valence-corrected chi connectivity index (χ4v) is 3.29. The average Bonchev–Trinajstić information content (AvgIpc) is 2.83. The zero-order chi connectivity index (χ0) is 18.1. The fraction of sp³-hybridized carbons (Fsp3) is 0.467. The summed E-state index contributed by atoms with van der Waals surface area (Å²) in [5.41, 5.74) is 0.00331. The third kappa shape index (κ3) is 3.51. The maximum atomic E-state index is 12.3. The number of sulfonamides is 1. The molecule has 0 saturated carbocycles. The van der Waals surface area contributed by atoms with Gasteiger partial charge in [-0.3, -0.25) is 0 Å². The van der Waals surface area contributed by atoms with Crippen molar-refractivity contribution in [1.82, 2.24) is 4.31 Å². The minimum atomic E-state index is -3.81. The molecule has 0 N–H and O–H groups in total. The van der Waals surface area contributed by atoms with Gasteiger partial charge in [-0.25, -0.2) is 22.3 Å². The first-order valence-electron chi connectivity index (χ1n) is 7.19. The van der Waals surface area contributed by atoms with Crippen molar-refractivity contribution in [3.63, 3.8) is 0 Å². The molecule has 1 aliphatic rings. The molecule has 8 nitrogen and oxygen atoms in total. The Balaban J connectivity index is 2.32. The molecule has 9 heteroatoms. The molecule has 24 heavy (non-hydrogen) atoms. The molecule has 0 radical (unpaired) electrons. The van der Waals surface area contributed by atoms with E-state index in [-0.39, 0.29) is 28.7 Å². The van der Waals surface area contributed by atoms with Gasteiger partial charge in [0.2, 0.25) is 16.1 Å². The molecule has 132 valence electrons. The highest BCUT2D eigenvalue weighted by atomic mass is 32.2. The topological polar surface area (TPSA) is 99.2 Å². The Hall–Kier alpha value is -2.13. The highest BCUT2D eigenvalue weighted by molar-refractivity contribution is 7.89. The van der Waals surface area contributed by atoms with E-state index in [0.717, 1.165) is 4.31 Å². The molecule has 0 spiro atoms. The van der Waals surface area contributed by atoms with Crippen LogP contribution in [0.25, 0.3) is 0 Å². The highest BCUT2D eigenvalue weighted by Crippen LogP contribution is 2.28. The molecular formula is C15H19NO7S. The van der Waals surface area contributed by atoms with Crippen LogP contribution in [0.15, 0.2) is 23.1 Å². The summed E-state index contributed by atoms with van der Waals surface area (Å²) < 4.78 is 40.8. The smallest absolute Gasteiger partial charge is 0.347 e. The predicted octanol–water partition coefficient (Wildman–Crippen LogP) is 0.806. The van der Waals surface area contributed by atoms with Crippen LogP contribution in [0.2, 0.25) is 0 Å². The maximum absolute atomic E-state index is 12.3. The van der Waals surface area contributed by atoms with Crippen molar-refractivity contribution in [3.8, 4) is 5.75 Å². The van der Waals surface area contributed by atoms with Crippen LogP contribution in [0.3, 0.4) is 0 Å². The molecule has 0 aromatic heterocycles. The van der Waals surface area contributed by atoms with Gasteiger partial charge >= 0.3 is 11.9 Å². The zero-order valence-corrected chi connectivity index (χ0v) is 14.6. The van der Waals surface area contributed by atoms with Crippen molar-refractivity contribution in [3.05, 3.63) is 23.8 Å². The molecular weight excluding hydrogens is 338 g/mol. The number of carbonyl (C=O) groups is 2. The standard InChI is InChI=1S/C15H19NO7S/c1-9-7-12(15(18)22-9)23-14(17)10-5-6-11(21-4)13(8-10)24(19,20)16(2)3/h5-6,8-9,12H,7H2,1-4H3/t9-,12-/m1/s1. The maximum Gasteiger partial charge on any atom is 0.347 e. The summed E-state index contributed by atoms with van der Waals surface area (Å²) in [4.78, 5) is 23.6. The number of cyclic esters (lactones) is 1. The van der Waals surface area contributed by atoms with Crippen LogP contribution >= 0.6 is 0 Å². The third-order valence-electron chi connectivity index (χ3n) is 3.53. The molecule has 1 fully saturated rings. The third-order valence-corrected chi connectivity index (χ3v) is 5.37. The van der Waals surface area contributed by atoms with Crippen molar-refractivity contribution in [2.45, 2.75) is 30.4 Å². The van der Waals surface area contributed by atoms with E-state index in [2.05, 4.69) is 0 Å². The zero-order valence-electron chi connectivity index (χ0n) is 13.8. The number of rotatable bonds is 5. The molecule has 0 aliphatic carbocycles. The fourth-order valence-electron chi connectivity index (χ4n) is 2.22. The van der Waals surface area contributed by atoms with Gasteiger partial charge in [-0.1, -0.05) is 0 Å². The summed E-state index contributed by atoms with van der Waals surface area (Å²) in [6, 6.07) is 3.91. The molecule has 1 saturated heterocycles. The highest BCUT2D eigenvalue weighted by Gasteiger charge is 2.35. The summed E-state index contributed by atoms with van der Waals surface area (Å²) in [5, 5.41) is 0. The summed E-state index contributed by atoms with van der Waals surface area (Å²) in [6.45, 7) is 1.70. The molecule has 1 aromatic rings. The van der Waals surface area contributed by atoms with Crippen LogP contribution in [-0.2, 0) is 24.3 Å². The lowest BCUT2D eigenvalue weighted by atomic mass is 10.2. The van der Waals surface area contributed by atoms with Gasteiger partial charge in [0, 0.05) is 20.5 Å². The number of carbonyl (C=O) groups excluding carboxylic acids is 2. The van der Waals surface area contributed by atoms with Gasteiger partial charge in [0.15, 0.2) is 0 Å². The number of methoxy groups -OCH3 is 1. The first-order chi connectivity index (χ1) is 11.2. The van der Waals surface area contributed by atoms with E-state index in [1.807, 2.05) is 0 Å². The molecule has 2 atom stereocenters. The summed E-state index contributed by atoms with van der Waals surface area (Å²) in [7, 11) is 0.259. The van der Waals surface area contributed by atoms with Gasteiger partial charge in [0.1, 0.15) is 16.7 Å². The van der Waals surface area contributed by atoms with Crippen LogP contribution < -0.4 is 4.74 Å². The van der Waals surface area contributed by atoms with Crippen LogP contribution in [0.1, 0.15) is 23.7 Å². The minimum Gasteiger partial charge on any atom is -0.495 e. The number of benzene rings is 1. The first kappa shape index (κ1) is 18.2. The molecule has 0 bridgehead atoms. The van der Waals surface area contributed by atoms with E-state index >= 15 is 0 Å². The Kier molecular flexibility index (Phi) is 5.14. The van der Waals surface area contributed by atoms with Crippen molar-refractivity contribution in [2.75, 3.05) is 21.2 Å². The van der Waals surface area contributed by atoms with E-state index in [4.69, 9.17) is 14.2 Å². The normalized spacial score (nSPS) is 20.8. The SMILES string of the molecule is COc1ccc(C(=O)O[C@@H]2C[C@@H](C)OC2=O)cc1S(=O)(=O)N(C)C. The Bertz CT molecular complexity index is 757. The van der Waals surface area contributed by atoms with Gasteiger partial charge in [-0.15, -0.1) is 0 Å². The van der Waals surface area contributed by atoms with E-state index in [0.29, 0.717) is 0 Å². The Morgan fingerprint density at radius 1 is 1.33 bits per heavy atom. The van der Waals surface area contributed by atoms with Gasteiger partial charge < -0.3 is 14.2 Å². The lowest BCUT2D eigenvalue weighted by molar-refractivity contribution is -0.147. The second kappa shape index (κ2) is 6.78. The number of nitrogens with zero attached hydrogens (tertiary/aromatic N) is 1. The van der Waals surface area contributed by atoms with Crippen molar-refractivity contribution < 1.29 is 32.2 Å². The number of hydrogen-bond acceptors (Lipinski definition) is 7. The first-order valence-corrected chi connectivity index (χ1v) is 8.63. The van der Waals surface area contributed by atoms with Gasteiger partial charge in [0.25, 0.3) is 0 Å². The van der Waals surface area contributed by atoms with Crippen LogP contribution in [-0.4, -0.2) is 58.1 Å². The molecule has 0 unspecified atom stereocenters. The van der Waals surface area contributed by atoms with Gasteiger partial charge in [-0.05, 0) is 25.1 Å². The van der Waals surface area contributed by atoms with E-state index in [1.165, 1.54) is 39.4 Å². The Labute approximate surface area is 140 Å². The molecule has 1 heterocycles. The lowest BCUT2D eigenvalue weighted by Gasteiger charge is -2.15. The van der Waals surface area contributed by atoms with Crippen LogP contribution in [0.4, 0.5) is 0 Å². The van der Waals surface area contributed by atoms with Crippen molar-refractivity contribution in [1.29, 1.82) is 0 Å². The van der Waals surface area contributed by atoms with E-state index in [1.54, 1.807) is 6.92 Å². The monoisotopic (exact) mass is 357 g/mol. The Morgan fingerprint density at radius 2 is 2.00 bits per heavy atom. The number of hydrogen-bond donors (Lipinski definition) is 0. The quantitative estimate of drug-likeness (QED) is 0.719. The number of esters is 2. The summed E-state index contributed by atoms with van der Waals surface area (Å²) in [6.07, 6.45) is -1.04. The van der Waals surface area contributed by atoms with Crippen molar-refractivity contribution >= 4 is 22.0 Å². The molecule has 0 amide bonds.